The first-order chi connectivity index (χ1) is 13.2. The fraction of sp³-hybridized carbons (Fsp3) is 0.524. The fourth-order valence-corrected chi connectivity index (χ4v) is 4.54. The largest absolute Gasteiger partial charge is 0.354 e. The molecule has 2 aromatic rings. The second-order valence-electron chi connectivity index (χ2n) is 7.46. The predicted octanol–water partition coefficient (Wildman–Crippen LogP) is 3.39. The zero-order valence-electron chi connectivity index (χ0n) is 16.2. The molecule has 6 heteroatoms. The highest BCUT2D eigenvalue weighted by atomic mass is 35.5. The lowest BCUT2D eigenvalue weighted by Crippen LogP contribution is -2.47. The fourth-order valence-electron chi connectivity index (χ4n) is 4.25. The van der Waals surface area contributed by atoms with Crippen molar-refractivity contribution in [2.45, 2.75) is 32.9 Å². The third-order valence-electron chi connectivity index (χ3n) is 6.04. The van der Waals surface area contributed by atoms with E-state index in [1.807, 2.05) is 12.1 Å². The van der Waals surface area contributed by atoms with Crippen LogP contribution in [0.3, 0.4) is 0 Å². The van der Waals surface area contributed by atoms with Crippen LogP contribution in [0.25, 0.3) is 0 Å². The first-order valence-electron chi connectivity index (χ1n) is 9.96. The quantitative estimate of drug-likeness (QED) is 0.806. The number of hydrogen-bond acceptors (Lipinski definition) is 5. The van der Waals surface area contributed by atoms with Gasteiger partial charge in [0.15, 0.2) is 0 Å². The first kappa shape index (κ1) is 18.7. The molecular formula is C21H28ClN5. The average Bonchev–Trinajstić information content (AvgIpc) is 2.73. The van der Waals surface area contributed by atoms with E-state index in [4.69, 9.17) is 11.6 Å². The summed E-state index contributed by atoms with van der Waals surface area (Å²) >= 11 is 6.43. The lowest BCUT2D eigenvalue weighted by molar-refractivity contribution is 0.188. The highest BCUT2D eigenvalue weighted by molar-refractivity contribution is 6.31. The summed E-state index contributed by atoms with van der Waals surface area (Å²) in [5.74, 6) is 1.15. The van der Waals surface area contributed by atoms with Crippen LogP contribution in [0, 0.1) is 0 Å². The lowest BCUT2D eigenvalue weighted by atomic mass is 10.00. The van der Waals surface area contributed by atoms with Crippen LogP contribution in [-0.2, 0) is 13.0 Å². The van der Waals surface area contributed by atoms with E-state index >= 15 is 0 Å². The summed E-state index contributed by atoms with van der Waals surface area (Å²) < 4.78 is 0. The summed E-state index contributed by atoms with van der Waals surface area (Å²) in [5.41, 5.74) is 3.70. The topological polar surface area (TPSA) is 35.5 Å². The molecule has 0 radical (unpaired) electrons. The number of piperazine rings is 1. The number of benzene rings is 1. The van der Waals surface area contributed by atoms with E-state index in [-0.39, 0.29) is 6.04 Å². The molecule has 0 spiro atoms. The number of likely N-dealkylation sites (N-methyl/N-ethyl adjacent to an activating group) is 1. The molecule has 4 rings (SSSR count). The van der Waals surface area contributed by atoms with Crippen molar-refractivity contribution in [2.24, 2.45) is 0 Å². The van der Waals surface area contributed by atoms with E-state index in [1.54, 1.807) is 6.33 Å². The molecule has 0 aliphatic carbocycles. The Morgan fingerprint density at radius 1 is 1.07 bits per heavy atom. The Hall–Kier alpha value is -1.69. The molecule has 2 aliphatic heterocycles. The summed E-state index contributed by atoms with van der Waals surface area (Å²) in [6.07, 6.45) is 2.73. The van der Waals surface area contributed by atoms with Gasteiger partial charge in [-0.2, -0.15) is 0 Å². The minimum absolute atomic E-state index is 0.276. The number of nitrogens with zero attached hydrogens (tertiary/aromatic N) is 5. The van der Waals surface area contributed by atoms with Gasteiger partial charge in [0.1, 0.15) is 12.1 Å². The molecule has 0 saturated carbocycles. The minimum Gasteiger partial charge on any atom is -0.354 e. The van der Waals surface area contributed by atoms with Crippen molar-refractivity contribution in [1.82, 2.24) is 19.8 Å². The maximum absolute atomic E-state index is 6.43. The van der Waals surface area contributed by atoms with Crippen molar-refractivity contribution in [3.05, 3.63) is 52.4 Å². The average molecular weight is 386 g/mol. The van der Waals surface area contributed by atoms with Gasteiger partial charge in [-0.15, -0.1) is 0 Å². The minimum atomic E-state index is 0.276. The molecule has 1 fully saturated rings. The Bertz CT molecular complexity index is 788. The summed E-state index contributed by atoms with van der Waals surface area (Å²) in [4.78, 5) is 16.7. The number of halogens is 1. The molecule has 0 bridgehead atoms. The first-order valence-corrected chi connectivity index (χ1v) is 10.3. The van der Waals surface area contributed by atoms with Crippen molar-refractivity contribution >= 4 is 17.4 Å². The third-order valence-corrected chi connectivity index (χ3v) is 6.38. The molecule has 0 N–H and O–H groups in total. The van der Waals surface area contributed by atoms with Crippen molar-refractivity contribution in [3.63, 3.8) is 0 Å². The van der Waals surface area contributed by atoms with Gasteiger partial charge in [0.2, 0.25) is 0 Å². The maximum Gasteiger partial charge on any atom is 0.135 e. The Kier molecular flexibility index (Phi) is 5.62. The van der Waals surface area contributed by atoms with Crippen LogP contribution in [0.5, 0.6) is 0 Å². The van der Waals surface area contributed by atoms with Crippen LogP contribution in [-0.4, -0.2) is 59.0 Å². The van der Waals surface area contributed by atoms with E-state index in [1.165, 1.54) is 16.8 Å². The number of aromatic nitrogens is 2. The van der Waals surface area contributed by atoms with Gasteiger partial charge in [-0.3, -0.25) is 4.90 Å². The molecule has 1 saturated heterocycles. The second kappa shape index (κ2) is 8.13. The van der Waals surface area contributed by atoms with E-state index in [0.29, 0.717) is 0 Å². The van der Waals surface area contributed by atoms with Crippen LogP contribution in [0.2, 0.25) is 5.02 Å². The number of fused-ring (bicyclic) bond motifs is 1. The van der Waals surface area contributed by atoms with Crippen molar-refractivity contribution in [1.29, 1.82) is 0 Å². The second-order valence-corrected chi connectivity index (χ2v) is 7.87. The van der Waals surface area contributed by atoms with Crippen LogP contribution >= 0.6 is 11.6 Å². The molecule has 1 atom stereocenters. The molecule has 1 unspecified atom stereocenters. The Morgan fingerprint density at radius 3 is 2.59 bits per heavy atom. The van der Waals surface area contributed by atoms with Crippen molar-refractivity contribution < 1.29 is 0 Å². The third kappa shape index (κ3) is 3.82. The Morgan fingerprint density at radius 2 is 1.85 bits per heavy atom. The summed E-state index contributed by atoms with van der Waals surface area (Å²) in [6.45, 7) is 11.8. The van der Waals surface area contributed by atoms with Gasteiger partial charge in [0.05, 0.1) is 5.69 Å². The zero-order chi connectivity index (χ0) is 18.8. The van der Waals surface area contributed by atoms with Crippen LogP contribution < -0.4 is 4.90 Å². The SMILES string of the molecule is CCN1CCN(c2ncnc3c2CCN(C(C)c2ccccc2Cl)C3)CC1. The smallest absolute Gasteiger partial charge is 0.135 e. The molecule has 27 heavy (non-hydrogen) atoms. The molecule has 1 aromatic carbocycles. The summed E-state index contributed by atoms with van der Waals surface area (Å²) in [6, 6.07) is 8.43. The normalized spacial score (nSPS) is 19.7. The van der Waals surface area contributed by atoms with Gasteiger partial charge in [-0.25, -0.2) is 9.97 Å². The Labute approximate surface area is 167 Å². The van der Waals surface area contributed by atoms with E-state index in [2.05, 4.69) is 50.6 Å². The van der Waals surface area contributed by atoms with Crippen molar-refractivity contribution in [3.8, 4) is 0 Å². The number of hydrogen-bond donors (Lipinski definition) is 0. The Balaban J connectivity index is 1.52. The summed E-state index contributed by atoms with van der Waals surface area (Å²) in [7, 11) is 0. The molecule has 3 heterocycles. The number of anilines is 1. The molecule has 5 nitrogen and oxygen atoms in total. The molecular weight excluding hydrogens is 358 g/mol. The van der Waals surface area contributed by atoms with Gasteiger partial charge in [-0.05, 0) is 31.5 Å². The standard InChI is InChI=1S/C21H28ClN5/c1-3-25-10-12-26(13-11-25)21-18-8-9-27(14-20(18)23-15-24-21)16(2)17-6-4-5-7-19(17)22/h4-7,15-16H,3,8-14H2,1-2H3. The van der Waals surface area contributed by atoms with E-state index in [9.17, 15) is 0 Å². The number of rotatable bonds is 4. The van der Waals surface area contributed by atoms with Gasteiger partial charge in [0.25, 0.3) is 0 Å². The highest BCUT2D eigenvalue weighted by Gasteiger charge is 2.28. The lowest BCUT2D eigenvalue weighted by Gasteiger charge is -2.38. The highest BCUT2D eigenvalue weighted by Crippen LogP contribution is 2.33. The van der Waals surface area contributed by atoms with Crippen LogP contribution in [0.4, 0.5) is 5.82 Å². The van der Waals surface area contributed by atoms with E-state index < -0.39 is 0 Å². The van der Waals surface area contributed by atoms with Crippen LogP contribution in [0.15, 0.2) is 30.6 Å². The monoisotopic (exact) mass is 385 g/mol. The molecule has 1 aromatic heterocycles. The van der Waals surface area contributed by atoms with Crippen LogP contribution in [0.1, 0.15) is 36.7 Å². The van der Waals surface area contributed by atoms with Gasteiger partial charge >= 0.3 is 0 Å². The maximum atomic E-state index is 6.43. The van der Waals surface area contributed by atoms with Gasteiger partial charge < -0.3 is 9.80 Å². The van der Waals surface area contributed by atoms with E-state index in [0.717, 1.165) is 63.1 Å². The molecule has 0 amide bonds. The van der Waals surface area contributed by atoms with Gasteiger partial charge in [-0.1, -0.05) is 36.7 Å². The molecule has 2 aliphatic rings. The predicted molar refractivity (Wildman–Crippen MR) is 110 cm³/mol. The molecule has 144 valence electrons. The van der Waals surface area contributed by atoms with Crippen molar-refractivity contribution in [2.75, 3.05) is 44.2 Å². The summed E-state index contributed by atoms with van der Waals surface area (Å²) in [5, 5.41) is 0.841. The zero-order valence-corrected chi connectivity index (χ0v) is 17.0. The van der Waals surface area contributed by atoms with Gasteiger partial charge in [0, 0.05) is 55.9 Å².